The summed E-state index contributed by atoms with van der Waals surface area (Å²) in [7, 11) is 0. The lowest BCUT2D eigenvalue weighted by Crippen LogP contribution is -2.00. The van der Waals surface area contributed by atoms with Crippen molar-refractivity contribution in [1.29, 1.82) is 0 Å². The fraction of sp³-hybridized carbons (Fsp3) is 0.286. The molecule has 66 valence electrons. The van der Waals surface area contributed by atoms with Gasteiger partial charge in [-0.15, -0.1) is 0 Å². The van der Waals surface area contributed by atoms with Crippen LogP contribution in [0.15, 0.2) is 6.07 Å². The summed E-state index contributed by atoms with van der Waals surface area (Å²) in [5.41, 5.74) is -0.766. The van der Waals surface area contributed by atoms with E-state index in [-0.39, 0.29) is 5.56 Å². The Morgan fingerprint density at radius 1 is 1.33 bits per heavy atom. The van der Waals surface area contributed by atoms with Gasteiger partial charge in [-0.25, -0.2) is 18.2 Å². The molecule has 1 rings (SSSR count). The van der Waals surface area contributed by atoms with E-state index >= 15 is 0 Å². The van der Waals surface area contributed by atoms with Gasteiger partial charge >= 0.3 is 0 Å². The van der Waals surface area contributed by atoms with Gasteiger partial charge in [0, 0.05) is 0 Å². The van der Waals surface area contributed by atoms with E-state index in [0.717, 1.165) is 0 Å². The molecule has 0 aliphatic heterocycles. The molecule has 0 spiro atoms. The summed E-state index contributed by atoms with van der Waals surface area (Å²) in [4.78, 5) is 2.78. The molecule has 0 atom stereocenters. The third kappa shape index (κ3) is 1.54. The summed E-state index contributed by atoms with van der Waals surface area (Å²) in [5.74, 6) is -2.70. The van der Waals surface area contributed by atoms with Crippen LogP contribution in [-0.4, -0.2) is 4.98 Å². The van der Waals surface area contributed by atoms with Crippen LogP contribution < -0.4 is 0 Å². The fourth-order valence-electron chi connectivity index (χ4n) is 0.792. The molecule has 0 aliphatic rings. The number of nitrogens with zero attached hydrogens (tertiary/aromatic N) is 1. The van der Waals surface area contributed by atoms with Crippen molar-refractivity contribution in [2.45, 2.75) is 13.3 Å². The molecule has 12 heavy (non-hydrogen) atoms. The number of aryl methyl sites for hydroxylation is 1. The lowest BCUT2D eigenvalue weighted by Gasteiger charge is -2.02. The minimum absolute atomic E-state index is 0.0519. The minimum Gasteiger partial charge on any atom is -0.216 e. The highest BCUT2D eigenvalue weighted by Gasteiger charge is 2.16. The number of halogens is 4. The maximum atomic E-state index is 12.3. The van der Waals surface area contributed by atoms with Gasteiger partial charge in [-0.1, -0.05) is 0 Å². The zero-order chi connectivity index (χ0) is 9.30. The van der Waals surface area contributed by atoms with Gasteiger partial charge < -0.3 is 0 Å². The van der Waals surface area contributed by atoms with Crippen LogP contribution in [0, 0.1) is 18.7 Å². The van der Waals surface area contributed by atoms with E-state index < -0.39 is 23.9 Å². The van der Waals surface area contributed by atoms with Gasteiger partial charge in [0.2, 0.25) is 5.95 Å². The third-order valence-electron chi connectivity index (χ3n) is 1.37. The average molecular weight is 179 g/mol. The molecule has 0 bridgehead atoms. The molecule has 0 N–H and O–H groups in total. The topological polar surface area (TPSA) is 12.9 Å². The molecule has 0 radical (unpaired) electrons. The van der Waals surface area contributed by atoms with Gasteiger partial charge in [0.05, 0.1) is 0 Å². The normalized spacial score (nSPS) is 10.8. The van der Waals surface area contributed by atoms with Crippen LogP contribution in [0.5, 0.6) is 0 Å². The molecule has 1 aromatic heterocycles. The van der Waals surface area contributed by atoms with E-state index in [0.29, 0.717) is 6.07 Å². The smallest absolute Gasteiger partial charge is 0.216 e. The largest absolute Gasteiger partial charge is 0.280 e. The van der Waals surface area contributed by atoms with E-state index in [2.05, 4.69) is 4.98 Å². The molecule has 0 unspecified atom stereocenters. The quantitative estimate of drug-likeness (QED) is 0.477. The first-order valence-electron chi connectivity index (χ1n) is 3.13. The predicted octanol–water partition coefficient (Wildman–Crippen LogP) is 2.61. The number of hydrogen-bond acceptors (Lipinski definition) is 1. The number of rotatable bonds is 1. The summed E-state index contributed by atoms with van der Waals surface area (Å²) in [6, 6.07) is 0.698. The summed E-state index contributed by atoms with van der Waals surface area (Å²) in [6.07, 6.45) is -2.87. The van der Waals surface area contributed by atoms with Crippen LogP contribution in [0.1, 0.15) is 17.7 Å². The third-order valence-corrected chi connectivity index (χ3v) is 1.37. The van der Waals surface area contributed by atoms with Crippen molar-refractivity contribution >= 4 is 0 Å². The molecule has 1 aromatic rings. The van der Waals surface area contributed by atoms with Gasteiger partial charge in [0.1, 0.15) is 5.69 Å². The van der Waals surface area contributed by atoms with E-state index in [1.54, 1.807) is 0 Å². The first-order valence-corrected chi connectivity index (χ1v) is 3.13. The SMILES string of the molecule is Cc1cc(F)c(F)nc1C(F)F. The van der Waals surface area contributed by atoms with Crippen LogP contribution in [0.2, 0.25) is 0 Å². The lowest BCUT2D eigenvalue weighted by atomic mass is 10.2. The molecule has 1 nitrogen and oxygen atoms in total. The molecular formula is C7H5F4N. The maximum absolute atomic E-state index is 12.3. The molecule has 1 heterocycles. The molecule has 0 aromatic carbocycles. The van der Waals surface area contributed by atoms with Gasteiger partial charge in [-0.2, -0.15) is 4.39 Å². The van der Waals surface area contributed by atoms with Crippen LogP contribution in [0.3, 0.4) is 0 Å². The van der Waals surface area contributed by atoms with Crippen LogP contribution in [0.25, 0.3) is 0 Å². The molecule has 5 heteroatoms. The summed E-state index contributed by atoms with van der Waals surface area (Å²) >= 11 is 0. The van der Waals surface area contributed by atoms with E-state index in [4.69, 9.17) is 0 Å². The minimum atomic E-state index is -2.87. The van der Waals surface area contributed by atoms with Crippen molar-refractivity contribution in [2.75, 3.05) is 0 Å². The van der Waals surface area contributed by atoms with Gasteiger partial charge in [-0.05, 0) is 18.6 Å². The van der Waals surface area contributed by atoms with Crippen molar-refractivity contribution < 1.29 is 17.6 Å². The van der Waals surface area contributed by atoms with Crippen LogP contribution in [0.4, 0.5) is 17.6 Å². The maximum Gasteiger partial charge on any atom is 0.280 e. The highest BCUT2D eigenvalue weighted by molar-refractivity contribution is 5.20. The monoisotopic (exact) mass is 179 g/mol. The Balaban J connectivity index is 3.23. The number of aromatic nitrogens is 1. The Bertz CT molecular complexity index is 298. The Hall–Kier alpha value is -1.13. The van der Waals surface area contributed by atoms with Crippen molar-refractivity contribution in [1.82, 2.24) is 4.98 Å². The van der Waals surface area contributed by atoms with Crippen molar-refractivity contribution in [3.05, 3.63) is 29.1 Å². The first kappa shape index (κ1) is 8.96. The molecule has 0 aliphatic carbocycles. The highest BCUT2D eigenvalue weighted by atomic mass is 19.3. The van der Waals surface area contributed by atoms with Crippen molar-refractivity contribution in [2.24, 2.45) is 0 Å². The van der Waals surface area contributed by atoms with Crippen molar-refractivity contribution in [3.63, 3.8) is 0 Å². The average Bonchev–Trinajstić information content (AvgIpc) is 1.96. The zero-order valence-electron chi connectivity index (χ0n) is 6.11. The zero-order valence-corrected chi connectivity index (χ0v) is 6.11. The number of pyridine rings is 1. The van der Waals surface area contributed by atoms with Gasteiger partial charge in [0.25, 0.3) is 6.43 Å². The highest BCUT2D eigenvalue weighted by Crippen LogP contribution is 2.21. The lowest BCUT2D eigenvalue weighted by molar-refractivity contribution is 0.143. The molecule has 0 saturated carbocycles. The first-order chi connectivity index (χ1) is 5.52. The van der Waals surface area contributed by atoms with Crippen LogP contribution in [-0.2, 0) is 0 Å². The molecule has 0 fully saturated rings. The second kappa shape index (κ2) is 3.08. The summed E-state index contributed by atoms with van der Waals surface area (Å²) in [6.45, 7) is 1.25. The van der Waals surface area contributed by atoms with Crippen LogP contribution >= 0.6 is 0 Å². The summed E-state index contributed by atoms with van der Waals surface area (Å²) in [5, 5.41) is 0. The summed E-state index contributed by atoms with van der Waals surface area (Å²) < 4.78 is 48.6. The van der Waals surface area contributed by atoms with E-state index in [9.17, 15) is 17.6 Å². The predicted molar refractivity (Wildman–Crippen MR) is 33.8 cm³/mol. The Kier molecular flexibility index (Phi) is 2.30. The Morgan fingerprint density at radius 2 is 1.92 bits per heavy atom. The number of hydrogen-bond donors (Lipinski definition) is 0. The standard InChI is InChI=1S/C7H5F4N/c1-3-2-4(8)7(11)12-5(3)6(9)10/h2,6H,1H3. The van der Waals surface area contributed by atoms with E-state index in [1.165, 1.54) is 6.92 Å². The van der Waals surface area contributed by atoms with E-state index in [1.807, 2.05) is 0 Å². The molecule has 0 saturated heterocycles. The van der Waals surface area contributed by atoms with Crippen molar-refractivity contribution in [3.8, 4) is 0 Å². The van der Waals surface area contributed by atoms with Gasteiger partial charge in [0.15, 0.2) is 5.82 Å². The Labute approximate surface area is 66.0 Å². The Morgan fingerprint density at radius 3 is 2.42 bits per heavy atom. The second-order valence-corrected chi connectivity index (χ2v) is 2.26. The molecular weight excluding hydrogens is 174 g/mol. The second-order valence-electron chi connectivity index (χ2n) is 2.26. The molecule has 0 amide bonds. The fourth-order valence-corrected chi connectivity index (χ4v) is 0.792. The van der Waals surface area contributed by atoms with Gasteiger partial charge in [-0.3, -0.25) is 0 Å². The number of alkyl halides is 2.